The van der Waals surface area contributed by atoms with Crippen LogP contribution >= 0.6 is 23.2 Å². The van der Waals surface area contributed by atoms with Crippen LogP contribution in [0.3, 0.4) is 0 Å². The Kier molecular flexibility index (Phi) is 2.37. The van der Waals surface area contributed by atoms with Crippen molar-refractivity contribution in [3.63, 3.8) is 0 Å². The molecule has 1 aliphatic heterocycles. The van der Waals surface area contributed by atoms with Gasteiger partial charge < -0.3 is 0 Å². The van der Waals surface area contributed by atoms with Gasteiger partial charge in [0.15, 0.2) is 0 Å². The fraction of sp³-hybridized carbons (Fsp3) is 0.750. The molecule has 0 amide bonds. The quantitative estimate of drug-likeness (QED) is 0.543. The van der Waals surface area contributed by atoms with Gasteiger partial charge in [0.05, 0.1) is 6.04 Å². The summed E-state index contributed by atoms with van der Waals surface area (Å²) in [4.78, 5) is 8.23. The van der Waals surface area contributed by atoms with Crippen molar-refractivity contribution < 1.29 is 0 Å². The van der Waals surface area contributed by atoms with Gasteiger partial charge in [0.25, 0.3) is 0 Å². The van der Waals surface area contributed by atoms with Crippen LogP contribution < -0.4 is 0 Å². The molecule has 12 heavy (non-hydrogen) atoms. The van der Waals surface area contributed by atoms with Crippen LogP contribution in [0.2, 0.25) is 0 Å². The van der Waals surface area contributed by atoms with Crippen LogP contribution in [0.25, 0.3) is 0 Å². The number of halogens is 2. The standard InChI is InChI=1S/C8H10Cl2N2/c9-7-5-3-1-2-4-6(5)11-8(10)12-7/h5-6H,1-4H2. The van der Waals surface area contributed by atoms with Crippen LogP contribution in [-0.2, 0) is 0 Å². The minimum absolute atomic E-state index is 0.302. The van der Waals surface area contributed by atoms with Crippen molar-refractivity contribution in [1.29, 1.82) is 0 Å². The van der Waals surface area contributed by atoms with Gasteiger partial charge >= 0.3 is 0 Å². The Bertz CT molecular complexity index is 247. The van der Waals surface area contributed by atoms with E-state index in [4.69, 9.17) is 23.2 Å². The van der Waals surface area contributed by atoms with E-state index in [0.29, 0.717) is 22.4 Å². The highest BCUT2D eigenvalue weighted by Crippen LogP contribution is 2.32. The Balaban J connectivity index is 2.21. The molecule has 0 radical (unpaired) electrons. The van der Waals surface area contributed by atoms with Crippen molar-refractivity contribution in [2.45, 2.75) is 31.7 Å². The molecule has 0 N–H and O–H groups in total. The first-order valence-electron chi connectivity index (χ1n) is 4.25. The monoisotopic (exact) mass is 204 g/mol. The molecule has 0 spiro atoms. The fourth-order valence-corrected chi connectivity index (χ4v) is 2.47. The number of fused-ring (bicyclic) bond motifs is 1. The van der Waals surface area contributed by atoms with E-state index in [2.05, 4.69) is 9.98 Å². The van der Waals surface area contributed by atoms with Gasteiger partial charge in [0, 0.05) is 5.92 Å². The predicted octanol–water partition coefficient (Wildman–Crippen LogP) is 2.79. The molecule has 2 unspecified atom stereocenters. The van der Waals surface area contributed by atoms with E-state index >= 15 is 0 Å². The Morgan fingerprint density at radius 1 is 1.17 bits per heavy atom. The lowest BCUT2D eigenvalue weighted by atomic mass is 9.85. The Labute approximate surface area is 81.7 Å². The first-order valence-corrected chi connectivity index (χ1v) is 5.00. The average Bonchev–Trinajstić information content (AvgIpc) is 2.04. The van der Waals surface area contributed by atoms with E-state index in [1.54, 1.807) is 0 Å². The smallest absolute Gasteiger partial charge is 0.219 e. The summed E-state index contributed by atoms with van der Waals surface area (Å²) >= 11 is 11.7. The zero-order valence-electron chi connectivity index (χ0n) is 6.63. The topological polar surface area (TPSA) is 24.7 Å². The summed E-state index contributed by atoms with van der Waals surface area (Å²) in [7, 11) is 0. The molecular formula is C8H10Cl2N2. The maximum atomic E-state index is 5.97. The molecule has 2 nitrogen and oxygen atoms in total. The van der Waals surface area contributed by atoms with E-state index in [9.17, 15) is 0 Å². The van der Waals surface area contributed by atoms with Gasteiger partial charge in [0.2, 0.25) is 5.29 Å². The normalized spacial score (nSPS) is 35.2. The molecule has 2 atom stereocenters. The van der Waals surface area contributed by atoms with Crippen LogP contribution in [0.15, 0.2) is 9.98 Å². The van der Waals surface area contributed by atoms with E-state index in [-0.39, 0.29) is 0 Å². The third kappa shape index (κ3) is 1.50. The Morgan fingerprint density at radius 2 is 1.92 bits per heavy atom. The van der Waals surface area contributed by atoms with Gasteiger partial charge in [-0.05, 0) is 24.4 Å². The largest absolute Gasteiger partial charge is 0.252 e. The van der Waals surface area contributed by atoms with Crippen molar-refractivity contribution in [3.8, 4) is 0 Å². The van der Waals surface area contributed by atoms with E-state index < -0.39 is 0 Å². The molecule has 0 aromatic carbocycles. The summed E-state index contributed by atoms with van der Waals surface area (Å²) in [6.07, 6.45) is 4.69. The Morgan fingerprint density at radius 3 is 2.75 bits per heavy atom. The summed E-state index contributed by atoms with van der Waals surface area (Å²) in [6.45, 7) is 0. The number of aliphatic imine (C=N–C) groups is 2. The molecule has 66 valence electrons. The van der Waals surface area contributed by atoms with Crippen molar-refractivity contribution in [3.05, 3.63) is 0 Å². The summed E-state index contributed by atoms with van der Waals surface area (Å²) in [5.74, 6) is 0.350. The molecule has 4 heteroatoms. The second-order valence-corrected chi connectivity index (χ2v) is 4.02. The summed E-state index contributed by atoms with van der Waals surface area (Å²) in [6, 6.07) is 0.302. The zero-order chi connectivity index (χ0) is 8.55. The van der Waals surface area contributed by atoms with Crippen LogP contribution in [0.1, 0.15) is 25.7 Å². The van der Waals surface area contributed by atoms with Gasteiger partial charge in [-0.15, -0.1) is 0 Å². The third-order valence-corrected chi connectivity index (χ3v) is 3.05. The Hall–Kier alpha value is -0.0800. The highest BCUT2D eigenvalue weighted by molar-refractivity contribution is 6.72. The highest BCUT2D eigenvalue weighted by Gasteiger charge is 2.31. The van der Waals surface area contributed by atoms with Gasteiger partial charge in [-0.2, -0.15) is 0 Å². The first kappa shape index (κ1) is 8.52. The summed E-state index contributed by atoms with van der Waals surface area (Å²) in [5, 5.41) is 0.975. The second-order valence-electron chi connectivity index (χ2n) is 3.29. The van der Waals surface area contributed by atoms with Gasteiger partial charge in [0.1, 0.15) is 5.17 Å². The lowest BCUT2D eigenvalue weighted by Crippen LogP contribution is -2.31. The van der Waals surface area contributed by atoms with Crippen LogP contribution in [0, 0.1) is 5.92 Å². The van der Waals surface area contributed by atoms with Crippen molar-refractivity contribution in [1.82, 2.24) is 0 Å². The lowest BCUT2D eigenvalue weighted by molar-refractivity contribution is 0.382. The summed E-state index contributed by atoms with van der Waals surface area (Å²) in [5.41, 5.74) is 0. The maximum Gasteiger partial charge on any atom is 0.219 e. The van der Waals surface area contributed by atoms with Crippen molar-refractivity contribution in [2.24, 2.45) is 15.9 Å². The third-order valence-electron chi connectivity index (χ3n) is 2.51. The molecular weight excluding hydrogens is 195 g/mol. The molecule has 2 rings (SSSR count). The first-order chi connectivity index (χ1) is 5.77. The van der Waals surface area contributed by atoms with Crippen LogP contribution in [0.4, 0.5) is 0 Å². The number of hydrogen-bond acceptors (Lipinski definition) is 2. The van der Waals surface area contributed by atoms with Gasteiger partial charge in [-0.3, -0.25) is 4.99 Å². The molecule has 2 aliphatic rings. The molecule has 0 aromatic rings. The van der Waals surface area contributed by atoms with E-state index in [1.807, 2.05) is 0 Å². The minimum atomic E-state index is 0.302. The van der Waals surface area contributed by atoms with E-state index in [1.165, 1.54) is 12.8 Å². The fourth-order valence-electron chi connectivity index (χ4n) is 1.88. The van der Waals surface area contributed by atoms with Crippen LogP contribution in [0.5, 0.6) is 0 Å². The molecule has 1 fully saturated rings. The zero-order valence-corrected chi connectivity index (χ0v) is 8.15. The number of nitrogens with zero attached hydrogens (tertiary/aromatic N) is 2. The van der Waals surface area contributed by atoms with Crippen molar-refractivity contribution >= 4 is 33.7 Å². The number of amidine groups is 1. The van der Waals surface area contributed by atoms with Gasteiger partial charge in [-0.25, -0.2) is 4.99 Å². The number of hydrogen-bond donors (Lipinski definition) is 0. The summed E-state index contributed by atoms with van der Waals surface area (Å²) < 4.78 is 0. The highest BCUT2D eigenvalue weighted by atomic mass is 35.5. The minimum Gasteiger partial charge on any atom is -0.252 e. The average molecular weight is 205 g/mol. The molecule has 0 aromatic heterocycles. The second kappa shape index (κ2) is 3.35. The molecule has 0 saturated heterocycles. The lowest BCUT2D eigenvalue weighted by Gasteiger charge is -2.29. The maximum absolute atomic E-state index is 5.97. The molecule has 1 heterocycles. The SMILES string of the molecule is ClC1=NC2CCCCC2C(Cl)=N1. The number of rotatable bonds is 0. The molecule has 1 aliphatic carbocycles. The van der Waals surface area contributed by atoms with Crippen molar-refractivity contribution in [2.75, 3.05) is 0 Å². The van der Waals surface area contributed by atoms with E-state index in [0.717, 1.165) is 12.8 Å². The molecule has 0 bridgehead atoms. The predicted molar refractivity (Wildman–Crippen MR) is 52.3 cm³/mol. The van der Waals surface area contributed by atoms with Crippen LogP contribution in [-0.4, -0.2) is 16.5 Å². The molecule has 1 saturated carbocycles. The van der Waals surface area contributed by atoms with Gasteiger partial charge in [-0.1, -0.05) is 24.4 Å².